The molecule has 0 fully saturated rings. The Labute approximate surface area is 82.1 Å². The summed E-state index contributed by atoms with van der Waals surface area (Å²) in [5, 5.41) is 2.51. The number of carbonyl (C=O) groups excluding carboxylic acids is 1. The molecule has 1 N–H and O–H groups in total. The fourth-order valence-electron chi connectivity index (χ4n) is 1.11. The van der Waals surface area contributed by atoms with Crippen LogP contribution in [0.15, 0.2) is 18.2 Å². The summed E-state index contributed by atoms with van der Waals surface area (Å²) in [5.41, 5.74) is 1.04. The number of halogens is 1. The molecule has 0 aliphatic carbocycles. The Hall–Kier alpha value is -1.82. The van der Waals surface area contributed by atoms with Crippen molar-refractivity contribution in [1.82, 2.24) is 5.32 Å². The predicted molar refractivity (Wildman–Crippen MR) is 52.3 cm³/mol. The van der Waals surface area contributed by atoms with Gasteiger partial charge in [0.05, 0.1) is 6.54 Å². The van der Waals surface area contributed by atoms with E-state index in [2.05, 4.69) is 11.2 Å². The SMILES string of the molecule is C#CCNC(=O)c1ccc(F)cc1C. The smallest absolute Gasteiger partial charge is 0.252 e. The van der Waals surface area contributed by atoms with Crippen molar-refractivity contribution in [1.29, 1.82) is 0 Å². The molecule has 0 saturated carbocycles. The lowest BCUT2D eigenvalue weighted by Gasteiger charge is -2.04. The average molecular weight is 191 g/mol. The zero-order valence-corrected chi connectivity index (χ0v) is 7.80. The standard InChI is InChI=1S/C11H10FNO/c1-3-6-13-11(14)10-5-4-9(12)7-8(10)2/h1,4-5,7H,6H2,2H3,(H,13,14). The van der Waals surface area contributed by atoms with Gasteiger partial charge in [-0.25, -0.2) is 4.39 Å². The van der Waals surface area contributed by atoms with Gasteiger partial charge in [-0.05, 0) is 30.7 Å². The highest BCUT2D eigenvalue weighted by Crippen LogP contribution is 2.09. The maximum atomic E-state index is 12.7. The van der Waals surface area contributed by atoms with E-state index in [-0.39, 0.29) is 18.3 Å². The Kier molecular flexibility index (Phi) is 3.24. The highest BCUT2D eigenvalue weighted by atomic mass is 19.1. The van der Waals surface area contributed by atoms with Crippen LogP contribution in [0.3, 0.4) is 0 Å². The van der Waals surface area contributed by atoms with E-state index in [0.717, 1.165) is 0 Å². The Balaban J connectivity index is 2.86. The van der Waals surface area contributed by atoms with Gasteiger partial charge in [-0.3, -0.25) is 4.79 Å². The molecule has 0 spiro atoms. The second-order valence-electron chi connectivity index (χ2n) is 2.85. The number of aryl methyl sites for hydroxylation is 1. The van der Waals surface area contributed by atoms with Gasteiger partial charge in [-0.15, -0.1) is 6.42 Å². The van der Waals surface area contributed by atoms with Crippen molar-refractivity contribution in [2.24, 2.45) is 0 Å². The minimum atomic E-state index is -0.351. The summed E-state index contributed by atoms with van der Waals surface area (Å²) < 4.78 is 12.7. The van der Waals surface area contributed by atoms with Gasteiger partial charge in [0, 0.05) is 5.56 Å². The molecule has 0 atom stereocenters. The molecule has 0 saturated heterocycles. The van der Waals surface area contributed by atoms with Gasteiger partial charge in [0.2, 0.25) is 0 Å². The first-order valence-corrected chi connectivity index (χ1v) is 4.13. The van der Waals surface area contributed by atoms with Crippen molar-refractivity contribution in [2.45, 2.75) is 6.92 Å². The highest BCUT2D eigenvalue weighted by Gasteiger charge is 2.07. The molecule has 3 heteroatoms. The van der Waals surface area contributed by atoms with Crippen LogP contribution in [0.4, 0.5) is 4.39 Å². The lowest BCUT2D eigenvalue weighted by molar-refractivity contribution is 0.0958. The molecule has 72 valence electrons. The highest BCUT2D eigenvalue weighted by molar-refractivity contribution is 5.95. The molecule has 0 radical (unpaired) electrons. The molecule has 0 aromatic heterocycles. The summed E-state index contributed by atoms with van der Waals surface area (Å²) in [4.78, 5) is 11.4. The van der Waals surface area contributed by atoms with Gasteiger partial charge in [0.15, 0.2) is 0 Å². The van der Waals surface area contributed by atoms with Crippen molar-refractivity contribution >= 4 is 5.91 Å². The zero-order chi connectivity index (χ0) is 10.6. The Morgan fingerprint density at radius 3 is 2.93 bits per heavy atom. The van der Waals surface area contributed by atoms with Gasteiger partial charge < -0.3 is 5.32 Å². The van der Waals surface area contributed by atoms with Gasteiger partial charge in [-0.2, -0.15) is 0 Å². The molecule has 1 amide bonds. The van der Waals surface area contributed by atoms with E-state index in [1.807, 2.05) is 0 Å². The van der Waals surface area contributed by atoms with E-state index in [9.17, 15) is 9.18 Å². The maximum Gasteiger partial charge on any atom is 0.252 e. The van der Waals surface area contributed by atoms with Crippen molar-refractivity contribution in [2.75, 3.05) is 6.54 Å². The third-order valence-corrected chi connectivity index (χ3v) is 1.78. The number of rotatable bonds is 2. The summed E-state index contributed by atoms with van der Waals surface area (Å²) >= 11 is 0. The Morgan fingerprint density at radius 2 is 2.36 bits per heavy atom. The quantitative estimate of drug-likeness (QED) is 0.705. The number of hydrogen-bond donors (Lipinski definition) is 1. The van der Waals surface area contributed by atoms with E-state index in [0.29, 0.717) is 11.1 Å². The summed E-state index contributed by atoms with van der Waals surface area (Å²) in [7, 11) is 0. The van der Waals surface area contributed by atoms with Gasteiger partial charge in [-0.1, -0.05) is 5.92 Å². The molecule has 1 aromatic carbocycles. The summed E-state index contributed by atoms with van der Waals surface area (Å²) in [6.45, 7) is 1.85. The predicted octanol–water partition coefficient (Wildman–Crippen LogP) is 1.50. The van der Waals surface area contributed by atoms with E-state index < -0.39 is 0 Å². The molecule has 14 heavy (non-hydrogen) atoms. The monoisotopic (exact) mass is 191 g/mol. The van der Waals surface area contributed by atoms with Gasteiger partial charge >= 0.3 is 0 Å². The van der Waals surface area contributed by atoms with Crippen molar-refractivity contribution in [3.8, 4) is 12.3 Å². The topological polar surface area (TPSA) is 29.1 Å². The first-order chi connectivity index (χ1) is 6.65. The lowest BCUT2D eigenvalue weighted by atomic mass is 10.1. The van der Waals surface area contributed by atoms with Crippen molar-refractivity contribution < 1.29 is 9.18 Å². The van der Waals surface area contributed by atoms with E-state index >= 15 is 0 Å². The number of carbonyl (C=O) groups is 1. The van der Waals surface area contributed by atoms with Crippen LogP contribution in [-0.4, -0.2) is 12.5 Å². The second kappa shape index (κ2) is 4.43. The number of hydrogen-bond acceptors (Lipinski definition) is 1. The largest absolute Gasteiger partial charge is 0.341 e. The fourth-order valence-corrected chi connectivity index (χ4v) is 1.11. The second-order valence-corrected chi connectivity index (χ2v) is 2.85. The molecule has 0 aliphatic heterocycles. The zero-order valence-electron chi connectivity index (χ0n) is 7.80. The Morgan fingerprint density at radius 1 is 1.64 bits per heavy atom. The fraction of sp³-hybridized carbons (Fsp3) is 0.182. The van der Waals surface area contributed by atoms with Crippen LogP contribution < -0.4 is 5.32 Å². The van der Waals surface area contributed by atoms with Crippen LogP contribution >= 0.6 is 0 Å². The average Bonchev–Trinajstić information content (AvgIpc) is 2.14. The number of benzene rings is 1. The molecule has 0 heterocycles. The first-order valence-electron chi connectivity index (χ1n) is 4.13. The number of nitrogens with one attached hydrogen (secondary N) is 1. The molecular weight excluding hydrogens is 181 g/mol. The van der Waals surface area contributed by atoms with Gasteiger partial charge in [0.25, 0.3) is 5.91 Å². The molecule has 0 bridgehead atoms. The molecule has 1 rings (SSSR count). The van der Waals surface area contributed by atoms with Crippen LogP contribution in [0, 0.1) is 25.1 Å². The minimum Gasteiger partial charge on any atom is -0.341 e. The van der Waals surface area contributed by atoms with E-state index in [1.54, 1.807) is 6.92 Å². The molecule has 2 nitrogen and oxygen atoms in total. The summed E-state index contributed by atoms with van der Waals surface area (Å²) in [5.74, 6) is 1.66. The number of terminal acetylenes is 1. The van der Waals surface area contributed by atoms with E-state index in [1.165, 1.54) is 18.2 Å². The van der Waals surface area contributed by atoms with Crippen LogP contribution in [-0.2, 0) is 0 Å². The molecule has 0 unspecified atom stereocenters. The third kappa shape index (κ3) is 2.33. The molecular formula is C11H10FNO. The van der Waals surface area contributed by atoms with Crippen molar-refractivity contribution in [3.63, 3.8) is 0 Å². The third-order valence-electron chi connectivity index (χ3n) is 1.78. The summed E-state index contributed by atoms with van der Waals surface area (Å²) in [6.07, 6.45) is 4.99. The maximum absolute atomic E-state index is 12.7. The van der Waals surface area contributed by atoms with Crippen LogP contribution in [0.2, 0.25) is 0 Å². The minimum absolute atomic E-state index is 0.176. The Bertz CT molecular complexity index is 393. The van der Waals surface area contributed by atoms with E-state index in [4.69, 9.17) is 6.42 Å². The van der Waals surface area contributed by atoms with Crippen LogP contribution in [0.25, 0.3) is 0 Å². The normalized spacial score (nSPS) is 9.21. The van der Waals surface area contributed by atoms with Gasteiger partial charge in [0.1, 0.15) is 5.82 Å². The molecule has 0 aliphatic rings. The lowest BCUT2D eigenvalue weighted by Crippen LogP contribution is -2.24. The summed E-state index contributed by atoms with van der Waals surface area (Å²) in [6, 6.07) is 4.00. The number of amides is 1. The first kappa shape index (κ1) is 10.3. The van der Waals surface area contributed by atoms with Crippen LogP contribution in [0.5, 0.6) is 0 Å². The van der Waals surface area contributed by atoms with Crippen LogP contribution in [0.1, 0.15) is 15.9 Å². The van der Waals surface area contributed by atoms with Crippen molar-refractivity contribution in [3.05, 3.63) is 35.1 Å². The molecule has 1 aromatic rings.